The van der Waals surface area contributed by atoms with Crippen molar-refractivity contribution in [3.8, 4) is 0 Å². The van der Waals surface area contributed by atoms with Gasteiger partial charge in [0, 0.05) is 30.7 Å². The Labute approximate surface area is 125 Å². The largest absolute Gasteiger partial charge is 0.335 e. The second kappa shape index (κ2) is 6.15. The zero-order chi connectivity index (χ0) is 13.9. The lowest BCUT2D eigenvalue weighted by atomic mass is 9.99. The number of benzene rings is 1. The highest BCUT2D eigenvalue weighted by Gasteiger charge is 2.34. The maximum atomic E-state index is 12.7. The van der Waals surface area contributed by atoms with E-state index >= 15 is 0 Å². The molecule has 0 aromatic heterocycles. The lowest BCUT2D eigenvalue weighted by Crippen LogP contribution is -2.53. The number of carbonyl (C=O) groups excluding carboxylic acids is 1. The molecule has 0 unspecified atom stereocenters. The van der Waals surface area contributed by atoms with Gasteiger partial charge in [0.25, 0.3) is 0 Å². The summed E-state index contributed by atoms with van der Waals surface area (Å²) in [5.74, 6) is 0.466. The van der Waals surface area contributed by atoms with Crippen LogP contribution < -0.4 is 5.32 Å². The van der Waals surface area contributed by atoms with Crippen molar-refractivity contribution in [2.45, 2.75) is 38.3 Å². The van der Waals surface area contributed by atoms with Gasteiger partial charge in [0.05, 0.1) is 5.92 Å². The van der Waals surface area contributed by atoms with Crippen LogP contribution >= 0.6 is 11.6 Å². The van der Waals surface area contributed by atoms with E-state index in [-0.39, 0.29) is 5.92 Å². The summed E-state index contributed by atoms with van der Waals surface area (Å²) in [6, 6.07) is 8.25. The van der Waals surface area contributed by atoms with Crippen LogP contribution in [0.2, 0.25) is 5.02 Å². The SMILES string of the molecule is O=C(C1CNC1)N(Cc1ccccc1Cl)C1CCCC1. The van der Waals surface area contributed by atoms with E-state index in [2.05, 4.69) is 10.2 Å². The standard InChI is InChI=1S/C16H21ClN2O/c17-15-8-4-1-5-12(15)11-19(14-6-2-3-7-14)16(20)13-9-18-10-13/h1,4-5,8,13-14,18H,2-3,6-7,9-11H2. The first-order chi connectivity index (χ1) is 9.75. The van der Waals surface area contributed by atoms with Crippen LogP contribution in [-0.2, 0) is 11.3 Å². The van der Waals surface area contributed by atoms with Crippen LogP contribution in [0.25, 0.3) is 0 Å². The summed E-state index contributed by atoms with van der Waals surface area (Å²) in [6.07, 6.45) is 4.74. The maximum Gasteiger partial charge on any atom is 0.228 e. The van der Waals surface area contributed by atoms with E-state index in [1.165, 1.54) is 12.8 Å². The first-order valence-corrected chi connectivity index (χ1v) is 7.88. The van der Waals surface area contributed by atoms with Crippen molar-refractivity contribution in [3.05, 3.63) is 34.9 Å². The molecule has 0 radical (unpaired) electrons. The highest BCUT2D eigenvalue weighted by molar-refractivity contribution is 6.31. The first-order valence-electron chi connectivity index (χ1n) is 7.50. The van der Waals surface area contributed by atoms with Gasteiger partial charge in [-0.05, 0) is 24.5 Å². The Morgan fingerprint density at radius 2 is 1.95 bits per heavy atom. The normalized spacial score (nSPS) is 19.9. The van der Waals surface area contributed by atoms with Crippen molar-refractivity contribution >= 4 is 17.5 Å². The Balaban J connectivity index is 1.77. The average molecular weight is 293 g/mol. The zero-order valence-electron chi connectivity index (χ0n) is 11.6. The van der Waals surface area contributed by atoms with E-state index in [0.717, 1.165) is 36.5 Å². The molecular formula is C16H21ClN2O. The second-order valence-electron chi connectivity index (χ2n) is 5.85. The fraction of sp³-hybridized carbons (Fsp3) is 0.562. The van der Waals surface area contributed by atoms with Crippen molar-refractivity contribution < 1.29 is 4.79 Å². The molecule has 1 aliphatic heterocycles. The van der Waals surface area contributed by atoms with Crippen LogP contribution in [0.5, 0.6) is 0 Å². The molecule has 1 aromatic carbocycles. The van der Waals surface area contributed by atoms with Crippen LogP contribution in [-0.4, -0.2) is 29.9 Å². The molecule has 0 spiro atoms. The van der Waals surface area contributed by atoms with Gasteiger partial charge in [0.15, 0.2) is 0 Å². The van der Waals surface area contributed by atoms with Crippen molar-refractivity contribution in [3.63, 3.8) is 0 Å². The van der Waals surface area contributed by atoms with Crippen molar-refractivity contribution in [1.82, 2.24) is 10.2 Å². The molecule has 1 N–H and O–H groups in total. The first kappa shape index (κ1) is 13.9. The maximum absolute atomic E-state index is 12.7. The second-order valence-corrected chi connectivity index (χ2v) is 6.26. The Morgan fingerprint density at radius 3 is 2.55 bits per heavy atom. The van der Waals surface area contributed by atoms with E-state index in [0.29, 0.717) is 18.5 Å². The topological polar surface area (TPSA) is 32.3 Å². The quantitative estimate of drug-likeness (QED) is 0.925. The summed E-state index contributed by atoms with van der Waals surface area (Å²) < 4.78 is 0. The summed E-state index contributed by atoms with van der Waals surface area (Å²) in [6.45, 7) is 2.30. The van der Waals surface area contributed by atoms with Gasteiger partial charge in [-0.1, -0.05) is 42.6 Å². The molecule has 3 rings (SSSR count). The monoisotopic (exact) mass is 292 g/mol. The third-order valence-corrected chi connectivity index (χ3v) is 4.85. The number of nitrogens with zero attached hydrogens (tertiary/aromatic N) is 1. The molecule has 20 heavy (non-hydrogen) atoms. The molecule has 108 valence electrons. The Kier molecular flexibility index (Phi) is 4.27. The number of nitrogens with one attached hydrogen (secondary N) is 1. The lowest BCUT2D eigenvalue weighted by Gasteiger charge is -2.36. The van der Waals surface area contributed by atoms with Crippen LogP contribution in [0.1, 0.15) is 31.2 Å². The predicted octanol–water partition coefficient (Wildman–Crippen LogP) is 2.83. The van der Waals surface area contributed by atoms with Gasteiger partial charge in [-0.2, -0.15) is 0 Å². The fourth-order valence-corrected chi connectivity index (χ4v) is 3.31. The Hall–Kier alpha value is -1.06. The van der Waals surface area contributed by atoms with Crippen molar-refractivity contribution in [1.29, 1.82) is 0 Å². The van der Waals surface area contributed by atoms with Gasteiger partial charge >= 0.3 is 0 Å². The van der Waals surface area contributed by atoms with Gasteiger partial charge in [-0.25, -0.2) is 0 Å². The smallest absolute Gasteiger partial charge is 0.228 e. The molecule has 1 saturated heterocycles. The summed E-state index contributed by atoms with van der Waals surface area (Å²) in [7, 11) is 0. The van der Waals surface area contributed by atoms with Gasteiger partial charge in [-0.3, -0.25) is 4.79 Å². The molecule has 2 aliphatic rings. The minimum Gasteiger partial charge on any atom is -0.335 e. The Bertz CT molecular complexity index is 481. The van der Waals surface area contributed by atoms with Crippen LogP contribution in [0, 0.1) is 5.92 Å². The molecule has 1 aliphatic carbocycles. The van der Waals surface area contributed by atoms with Gasteiger partial charge in [-0.15, -0.1) is 0 Å². The number of halogens is 1. The summed E-state index contributed by atoms with van der Waals surface area (Å²) >= 11 is 6.26. The highest BCUT2D eigenvalue weighted by Crippen LogP contribution is 2.28. The third-order valence-electron chi connectivity index (χ3n) is 4.48. The molecule has 1 amide bonds. The summed E-state index contributed by atoms with van der Waals surface area (Å²) in [4.78, 5) is 14.8. The molecule has 1 heterocycles. The number of rotatable bonds is 4. The van der Waals surface area contributed by atoms with Crippen molar-refractivity contribution in [2.24, 2.45) is 5.92 Å². The number of amides is 1. The molecule has 1 aromatic rings. The fourth-order valence-electron chi connectivity index (χ4n) is 3.11. The predicted molar refractivity (Wildman–Crippen MR) is 80.6 cm³/mol. The zero-order valence-corrected chi connectivity index (χ0v) is 12.4. The summed E-state index contributed by atoms with van der Waals surface area (Å²) in [5.41, 5.74) is 1.06. The van der Waals surface area contributed by atoms with Crippen LogP contribution in [0.15, 0.2) is 24.3 Å². The van der Waals surface area contributed by atoms with Gasteiger partial charge < -0.3 is 10.2 Å². The average Bonchev–Trinajstić information content (AvgIpc) is 2.89. The summed E-state index contributed by atoms with van der Waals surface area (Å²) in [5, 5.41) is 3.95. The number of carbonyl (C=O) groups is 1. The molecule has 2 fully saturated rings. The third kappa shape index (κ3) is 2.84. The Morgan fingerprint density at radius 1 is 1.25 bits per heavy atom. The van der Waals surface area contributed by atoms with Crippen molar-refractivity contribution in [2.75, 3.05) is 13.1 Å². The molecule has 0 atom stereocenters. The minimum absolute atomic E-state index is 0.165. The molecule has 3 nitrogen and oxygen atoms in total. The van der Waals surface area contributed by atoms with Crippen LogP contribution in [0.3, 0.4) is 0 Å². The van der Waals surface area contributed by atoms with E-state index in [9.17, 15) is 4.79 Å². The molecule has 1 saturated carbocycles. The van der Waals surface area contributed by atoms with E-state index < -0.39 is 0 Å². The van der Waals surface area contributed by atoms with E-state index in [4.69, 9.17) is 11.6 Å². The number of hydrogen-bond donors (Lipinski definition) is 1. The molecule has 4 heteroatoms. The van der Waals surface area contributed by atoms with Gasteiger partial charge in [0.2, 0.25) is 5.91 Å². The van der Waals surface area contributed by atoms with Crippen LogP contribution in [0.4, 0.5) is 0 Å². The lowest BCUT2D eigenvalue weighted by molar-refractivity contribution is -0.140. The number of hydrogen-bond acceptors (Lipinski definition) is 2. The highest BCUT2D eigenvalue weighted by atomic mass is 35.5. The van der Waals surface area contributed by atoms with E-state index in [1.807, 2.05) is 24.3 Å². The molecular weight excluding hydrogens is 272 g/mol. The molecule has 0 bridgehead atoms. The van der Waals surface area contributed by atoms with Gasteiger partial charge in [0.1, 0.15) is 0 Å². The van der Waals surface area contributed by atoms with E-state index in [1.54, 1.807) is 0 Å². The minimum atomic E-state index is 0.165.